The van der Waals surface area contributed by atoms with Crippen molar-refractivity contribution in [2.45, 2.75) is 38.5 Å². The molecule has 0 fully saturated rings. The van der Waals surface area contributed by atoms with Crippen LogP contribution in [-0.2, 0) is 6.42 Å². The molecule has 0 bridgehead atoms. The highest BCUT2D eigenvalue weighted by Crippen LogP contribution is 2.25. The third-order valence-corrected chi connectivity index (χ3v) is 4.37. The molecule has 0 atom stereocenters. The lowest BCUT2D eigenvalue weighted by Crippen LogP contribution is -1.99. The molecule has 2 aromatic rings. The van der Waals surface area contributed by atoms with Crippen molar-refractivity contribution in [2.24, 2.45) is 0 Å². The molecule has 3 nitrogen and oxygen atoms in total. The second-order valence-corrected chi connectivity index (χ2v) is 6.27. The molecule has 0 aliphatic heterocycles. The van der Waals surface area contributed by atoms with Crippen LogP contribution in [-0.4, -0.2) is 20.0 Å². The average molecular weight is 352 g/mol. The van der Waals surface area contributed by atoms with E-state index in [2.05, 4.69) is 30.3 Å². The minimum atomic E-state index is -0.0337. The quantitative estimate of drug-likeness (QED) is 0.298. The van der Waals surface area contributed by atoms with Crippen molar-refractivity contribution in [3.63, 3.8) is 0 Å². The summed E-state index contributed by atoms with van der Waals surface area (Å²) < 4.78 is 10.4. The van der Waals surface area contributed by atoms with E-state index in [1.807, 2.05) is 6.08 Å². The Kier molecular flexibility index (Phi) is 8.47. The van der Waals surface area contributed by atoms with E-state index in [4.69, 9.17) is 9.47 Å². The van der Waals surface area contributed by atoms with Crippen molar-refractivity contribution in [1.82, 2.24) is 0 Å². The summed E-state index contributed by atoms with van der Waals surface area (Å²) in [5, 5.41) is 0. The number of hydrogen-bond donors (Lipinski definition) is 0. The van der Waals surface area contributed by atoms with Gasteiger partial charge in [0.15, 0.2) is 5.78 Å². The molecule has 0 spiro atoms. The molecular formula is C23H28O3. The Hall–Kier alpha value is -2.55. The summed E-state index contributed by atoms with van der Waals surface area (Å²) in [6, 6.07) is 15.9. The number of allylic oxidation sites excluding steroid dienone is 2. The molecule has 2 rings (SSSR count). The smallest absolute Gasteiger partial charge is 0.189 e. The lowest BCUT2D eigenvalue weighted by molar-refractivity contribution is 0.104. The summed E-state index contributed by atoms with van der Waals surface area (Å²) in [5.74, 6) is 1.19. The first-order valence-corrected chi connectivity index (χ1v) is 9.21. The predicted molar refractivity (Wildman–Crippen MR) is 106 cm³/mol. The van der Waals surface area contributed by atoms with Crippen molar-refractivity contribution in [2.75, 3.05) is 14.2 Å². The molecule has 26 heavy (non-hydrogen) atoms. The first-order valence-electron chi connectivity index (χ1n) is 9.21. The van der Waals surface area contributed by atoms with Gasteiger partial charge in [0.25, 0.3) is 0 Å². The van der Waals surface area contributed by atoms with Crippen LogP contribution in [0.4, 0.5) is 0 Å². The normalized spacial score (nSPS) is 10.8. The van der Waals surface area contributed by atoms with Gasteiger partial charge in [0.05, 0.1) is 19.8 Å². The van der Waals surface area contributed by atoms with E-state index in [1.54, 1.807) is 38.5 Å². The van der Waals surface area contributed by atoms with Crippen molar-refractivity contribution in [3.05, 3.63) is 71.8 Å². The first-order chi connectivity index (χ1) is 12.7. The lowest BCUT2D eigenvalue weighted by Gasteiger charge is -2.07. The number of methoxy groups -OCH3 is 2. The van der Waals surface area contributed by atoms with E-state index in [1.165, 1.54) is 24.8 Å². The number of carbonyl (C=O) groups excluding carboxylic acids is 1. The second kappa shape index (κ2) is 11.1. The average Bonchev–Trinajstić information content (AvgIpc) is 2.70. The lowest BCUT2D eigenvalue weighted by atomic mass is 10.0. The van der Waals surface area contributed by atoms with Crippen LogP contribution in [0.25, 0.3) is 0 Å². The van der Waals surface area contributed by atoms with E-state index in [-0.39, 0.29) is 5.78 Å². The minimum absolute atomic E-state index is 0.0337. The van der Waals surface area contributed by atoms with Gasteiger partial charge in [0, 0.05) is 6.07 Å². The zero-order chi connectivity index (χ0) is 18.6. The predicted octanol–water partition coefficient (Wildman–Crippen LogP) is 5.64. The van der Waals surface area contributed by atoms with Crippen LogP contribution in [0.3, 0.4) is 0 Å². The Balaban J connectivity index is 1.67. The van der Waals surface area contributed by atoms with Crippen LogP contribution >= 0.6 is 0 Å². The Morgan fingerprint density at radius 3 is 2.42 bits per heavy atom. The van der Waals surface area contributed by atoms with Crippen LogP contribution in [0.5, 0.6) is 11.5 Å². The van der Waals surface area contributed by atoms with E-state index in [0.717, 1.165) is 19.3 Å². The van der Waals surface area contributed by atoms with Crippen molar-refractivity contribution >= 4 is 5.78 Å². The number of benzene rings is 2. The molecule has 0 aliphatic rings. The largest absolute Gasteiger partial charge is 0.497 e. The monoisotopic (exact) mass is 352 g/mol. The summed E-state index contributed by atoms with van der Waals surface area (Å²) in [5.41, 5.74) is 1.97. The van der Waals surface area contributed by atoms with E-state index in [0.29, 0.717) is 17.1 Å². The number of hydrogen-bond acceptors (Lipinski definition) is 3. The van der Waals surface area contributed by atoms with Crippen molar-refractivity contribution in [3.8, 4) is 11.5 Å². The molecule has 0 saturated heterocycles. The standard InChI is InChI=1S/C23H28O3/c1-25-20-16-17-21(23(18-20)26-2)22(24)15-11-6-4-3-5-8-12-19-13-9-7-10-14-19/h7,9-11,13-18H,3-6,8,12H2,1-2H3/b15-11+. The third-order valence-electron chi connectivity index (χ3n) is 4.37. The van der Waals surface area contributed by atoms with Crippen LogP contribution in [0.15, 0.2) is 60.7 Å². The van der Waals surface area contributed by atoms with Crippen LogP contribution in [0.2, 0.25) is 0 Å². The Morgan fingerprint density at radius 2 is 1.69 bits per heavy atom. The molecule has 0 aromatic heterocycles. The zero-order valence-electron chi connectivity index (χ0n) is 15.7. The molecule has 3 heteroatoms. The molecule has 0 radical (unpaired) electrons. The van der Waals surface area contributed by atoms with Gasteiger partial charge in [-0.05, 0) is 49.5 Å². The Bertz CT molecular complexity index is 705. The fourth-order valence-electron chi connectivity index (χ4n) is 2.87. The summed E-state index contributed by atoms with van der Waals surface area (Å²) in [6.45, 7) is 0. The minimum Gasteiger partial charge on any atom is -0.497 e. The molecule has 0 amide bonds. The molecule has 0 aliphatic carbocycles. The number of carbonyl (C=O) groups is 1. The highest BCUT2D eigenvalue weighted by molar-refractivity contribution is 6.06. The van der Waals surface area contributed by atoms with Gasteiger partial charge in [-0.2, -0.15) is 0 Å². The van der Waals surface area contributed by atoms with Gasteiger partial charge < -0.3 is 9.47 Å². The van der Waals surface area contributed by atoms with Gasteiger partial charge in [-0.1, -0.05) is 49.2 Å². The van der Waals surface area contributed by atoms with Gasteiger partial charge in [0.2, 0.25) is 0 Å². The highest BCUT2D eigenvalue weighted by atomic mass is 16.5. The SMILES string of the molecule is COc1ccc(C(=O)/C=C/CCCCCCc2ccccc2)c(OC)c1. The Morgan fingerprint density at radius 1 is 0.923 bits per heavy atom. The summed E-state index contributed by atoms with van der Waals surface area (Å²) >= 11 is 0. The van der Waals surface area contributed by atoms with Crippen molar-refractivity contribution < 1.29 is 14.3 Å². The third kappa shape index (κ3) is 6.40. The number of ether oxygens (including phenoxy) is 2. The van der Waals surface area contributed by atoms with E-state index < -0.39 is 0 Å². The van der Waals surface area contributed by atoms with Gasteiger partial charge in [-0.3, -0.25) is 4.79 Å². The molecule has 138 valence electrons. The molecular weight excluding hydrogens is 324 g/mol. The Labute approximate surface area is 156 Å². The number of ketones is 1. The van der Waals surface area contributed by atoms with Gasteiger partial charge in [0.1, 0.15) is 11.5 Å². The fraction of sp³-hybridized carbons (Fsp3) is 0.348. The second-order valence-electron chi connectivity index (χ2n) is 6.27. The van der Waals surface area contributed by atoms with E-state index in [9.17, 15) is 4.79 Å². The summed E-state index contributed by atoms with van der Waals surface area (Å²) in [6.07, 6.45) is 10.4. The molecule has 0 heterocycles. The van der Waals surface area contributed by atoms with Crippen LogP contribution < -0.4 is 9.47 Å². The van der Waals surface area contributed by atoms with Crippen LogP contribution in [0.1, 0.15) is 48.0 Å². The number of unbranched alkanes of at least 4 members (excludes halogenated alkanes) is 4. The fourth-order valence-corrected chi connectivity index (χ4v) is 2.87. The van der Waals surface area contributed by atoms with Gasteiger partial charge in [-0.25, -0.2) is 0 Å². The number of rotatable bonds is 11. The number of aryl methyl sites for hydroxylation is 1. The maximum absolute atomic E-state index is 12.3. The topological polar surface area (TPSA) is 35.5 Å². The van der Waals surface area contributed by atoms with Crippen LogP contribution in [0, 0.1) is 0 Å². The molecule has 0 N–H and O–H groups in total. The summed E-state index contributed by atoms with van der Waals surface area (Å²) in [7, 11) is 3.15. The maximum Gasteiger partial charge on any atom is 0.189 e. The molecule has 0 unspecified atom stereocenters. The molecule has 2 aromatic carbocycles. The van der Waals surface area contributed by atoms with E-state index >= 15 is 0 Å². The van der Waals surface area contributed by atoms with Gasteiger partial charge >= 0.3 is 0 Å². The summed E-state index contributed by atoms with van der Waals surface area (Å²) in [4.78, 5) is 12.3. The van der Waals surface area contributed by atoms with Gasteiger partial charge in [-0.15, -0.1) is 0 Å². The first kappa shape index (κ1) is 19.8. The highest BCUT2D eigenvalue weighted by Gasteiger charge is 2.10. The molecule has 0 saturated carbocycles. The van der Waals surface area contributed by atoms with Crippen molar-refractivity contribution in [1.29, 1.82) is 0 Å². The maximum atomic E-state index is 12.3. The zero-order valence-corrected chi connectivity index (χ0v) is 15.7.